The van der Waals surface area contributed by atoms with Gasteiger partial charge in [0.15, 0.2) is 0 Å². The number of hydrogen-bond donors (Lipinski definition) is 2. The van der Waals surface area contributed by atoms with E-state index in [1.165, 1.54) is 12.4 Å². The second-order valence-corrected chi connectivity index (χ2v) is 6.48. The zero-order chi connectivity index (χ0) is 18.0. The maximum atomic E-state index is 14.3. The zero-order valence-corrected chi connectivity index (χ0v) is 15.0. The van der Waals surface area contributed by atoms with Crippen LogP contribution in [0.5, 0.6) is 5.75 Å². The number of halogens is 2. The quantitative estimate of drug-likeness (QED) is 0.443. The minimum atomic E-state index is -0.604. The van der Waals surface area contributed by atoms with Gasteiger partial charge in [-0.15, -0.1) is 6.58 Å². The first-order valence-electron chi connectivity index (χ1n) is 7.71. The van der Waals surface area contributed by atoms with Crippen molar-refractivity contribution in [1.29, 1.82) is 0 Å². The van der Waals surface area contributed by atoms with Gasteiger partial charge >= 0.3 is 0 Å². The number of nitrogens with zero attached hydrogens (tertiary/aromatic N) is 2. The van der Waals surface area contributed by atoms with Gasteiger partial charge < -0.3 is 21.1 Å². The van der Waals surface area contributed by atoms with E-state index < -0.39 is 12.0 Å². The van der Waals surface area contributed by atoms with Crippen LogP contribution in [0.15, 0.2) is 52.5 Å². The fourth-order valence-corrected chi connectivity index (χ4v) is 2.91. The van der Waals surface area contributed by atoms with E-state index in [1.54, 1.807) is 35.2 Å². The molecular weight excluding hydrogens is 387 g/mol. The van der Waals surface area contributed by atoms with Crippen LogP contribution in [0.25, 0.3) is 0 Å². The van der Waals surface area contributed by atoms with E-state index in [0.717, 1.165) is 6.42 Å². The number of fused-ring (bicyclic) bond motifs is 1. The lowest BCUT2D eigenvalue weighted by atomic mass is 10.1. The van der Waals surface area contributed by atoms with Crippen LogP contribution >= 0.6 is 15.9 Å². The molecule has 0 radical (unpaired) electrons. The highest BCUT2D eigenvalue weighted by atomic mass is 79.9. The molecule has 2 aromatic rings. The number of ether oxygens (including phenoxy) is 1. The average molecular weight is 405 g/mol. The van der Waals surface area contributed by atoms with Gasteiger partial charge in [0, 0.05) is 16.1 Å². The molecule has 130 valence electrons. The Morgan fingerprint density at radius 3 is 2.88 bits per heavy atom. The molecule has 25 heavy (non-hydrogen) atoms. The number of hydrogen-bond acceptors (Lipinski definition) is 5. The second kappa shape index (κ2) is 7.25. The van der Waals surface area contributed by atoms with Gasteiger partial charge in [0.1, 0.15) is 17.7 Å². The lowest BCUT2D eigenvalue weighted by Gasteiger charge is -2.31. The maximum Gasteiger partial charge on any atom is 0.148 e. The summed E-state index contributed by atoms with van der Waals surface area (Å²) in [5.41, 5.74) is 14.6. The van der Waals surface area contributed by atoms with Gasteiger partial charge in [-0.3, -0.25) is 0 Å². The van der Waals surface area contributed by atoms with Crippen molar-refractivity contribution in [3.05, 3.63) is 58.8 Å². The SMILES string of the molecule is C=CCCOc1cc2c(cc1N)C(N)N(c1ccc(Br)cc1F)C=N2. The van der Waals surface area contributed by atoms with E-state index in [1.807, 2.05) is 0 Å². The van der Waals surface area contributed by atoms with Crippen LogP contribution in [0.1, 0.15) is 18.2 Å². The van der Waals surface area contributed by atoms with E-state index in [2.05, 4.69) is 27.5 Å². The summed E-state index contributed by atoms with van der Waals surface area (Å²) in [5, 5.41) is 0. The predicted octanol–water partition coefficient (Wildman–Crippen LogP) is 4.26. The van der Waals surface area contributed by atoms with Gasteiger partial charge in [-0.2, -0.15) is 0 Å². The van der Waals surface area contributed by atoms with Crippen LogP contribution in [0, 0.1) is 5.82 Å². The van der Waals surface area contributed by atoms with E-state index in [9.17, 15) is 4.39 Å². The summed E-state index contributed by atoms with van der Waals surface area (Å²) < 4.78 is 20.5. The monoisotopic (exact) mass is 404 g/mol. The van der Waals surface area contributed by atoms with Crippen molar-refractivity contribution in [2.75, 3.05) is 17.2 Å². The summed E-state index contributed by atoms with van der Waals surface area (Å²) in [5.74, 6) is 0.158. The Morgan fingerprint density at radius 1 is 1.36 bits per heavy atom. The fourth-order valence-electron chi connectivity index (χ4n) is 2.58. The molecule has 0 spiro atoms. The van der Waals surface area contributed by atoms with Crippen molar-refractivity contribution in [2.45, 2.75) is 12.6 Å². The van der Waals surface area contributed by atoms with Gasteiger partial charge in [-0.05, 0) is 30.7 Å². The Hall–Kier alpha value is -2.38. The number of nitrogens with two attached hydrogens (primary N) is 2. The Labute approximate surface area is 153 Å². The topological polar surface area (TPSA) is 76.9 Å². The Kier molecular flexibility index (Phi) is 5.06. The van der Waals surface area contributed by atoms with Crippen LogP contribution in [-0.2, 0) is 0 Å². The second-order valence-electron chi connectivity index (χ2n) is 5.57. The number of rotatable bonds is 5. The third-order valence-electron chi connectivity index (χ3n) is 3.87. The van der Waals surface area contributed by atoms with Crippen molar-refractivity contribution in [3.63, 3.8) is 0 Å². The molecule has 1 atom stereocenters. The fraction of sp³-hybridized carbons (Fsp3) is 0.167. The van der Waals surface area contributed by atoms with E-state index in [-0.39, 0.29) is 0 Å². The summed E-state index contributed by atoms with van der Waals surface area (Å²) in [6.07, 6.45) is 3.40. The summed E-state index contributed by atoms with van der Waals surface area (Å²) in [4.78, 5) is 5.95. The van der Waals surface area contributed by atoms with Gasteiger partial charge in [0.25, 0.3) is 0 Å². The minimum Gasteiger partial charge on any atom is -0.491 e. The zero-order valence-electron chi connectivity index (χ0n) is 13.5. The predicted molar refractivity (Wildman–Crippen MR) is 103 cm³/mol. The summed E-state index contributed by atoms with van der Waals surface area (Å²) in [6.45, 7) is 4.14. The van der Waals surface area contributed by atoms with Crippen LogP contribution in [0.2, 0.25) is 0 Å². The van der Waals surface area contributed by atoms with E-state index in [4.69, 9.17) is 16.2 Å². The largest absolute Gasteiger partial charge is 0.491 e. The third-order valence-corrected chi connectivity index (χ3v) is 4.36. The van der Waals surface area contributed by atoms with Crippen LogP contribution in [0.4, 0.5) is 21.5 Å². The Morgan fingerprint density at radius 2 is 2.16 bits per heavy atom. The standard InChI is InChI=1S/C18H18BrFN4O/c1-2-3-6-25-17-9-15-12(8-14(17)21)18(22)24(10-23-15)16-5-4-11(19)7-13(16)20/h2,4-5,7-10,18H,1,3,6,21-22H2. The molecule has 1 aliphatic heterocycles. The highest BCUT2D eigenvalue weighted by Gasteiger charge is 2.25. The van der Waals surface area contributed by atoms with Crippen LogP contribution < -0.4 is 21.1 Å². The molecule has 1 aliphatic rings. The molecule has 0 saturated heterocycles. The molecule has 2 aromatic carbocycles. The highest BCUT2D eigenvalue weighted by molar-refractivity contribution is 9.10. The Balaban J connectivity index is 1.92. The molecule has 0 bridgehead atoms. The van der Waals surface area contributed by atoms with Crippen molar-refractivity contribution in [3.8, 4) is 5.75 Å². The van der Waals surface area contributed by atoms with Crippen molar-refractivity contribution < 1.29 is 9.13 Å². The maximum absolute atomic E-state index is 14.3. The molecule has 1 unspecified atom stereocenters. The first kappa shape index (κ1) is 17.4. The smallest absolute Gasteiger partial charge is 0.148 e. The molecule has 1 heterocycles. The summed E-state index contributed by atoms with van der Waals surface area (Å²) in [6, 6.07) is 8.25. The molecule has 7 heteroatoms. The van der Waals surface area contributed by atoms with Crippen LogP contribution in [-0.4, -0.2) is 12.9 Å². The Bertz CT molecular complexity index is 840. The first-order valence-corrected chi connectivity index (χ1v) is 8.51. The highest BCUT2D eigenvalue weighted by Crippen LogP contribution is 2.39. The molecule has 0 fully saturated rings. The molecule has 0 saturated carbocycles. The molecule has 0 aromatic heterocycles. The molecule has 4 N–H and O–H groups in total. The average Bonchev–Trinajstić information content (AvgIpc) is 2.57. The van der Waals surface area contributed by atoms with E-state index >= 15 is 0 Å². The molecule has 0 amide bonds. The minimum absolute atomic E-state index is 0.343. The van der Waals surface area contributed by atoms with Gasteiger partial charge in [0.05, 0.1) is 30.0 Å². The van der Waals surface area contributed by atoms with Gasteiger partial charge in [-0.1, -0.05) is 22.0 Å². The third kappa shape index (κ3) is 3.52. The van der Waals surface area contributed by atoms with Crippen molar-refractivity contribution in [2.24, 2.45) is 10.7 Å². The molecule has 3 rings (SSSR count). The van der Waals surface area contributed by atoms with Crippen molar-refractivity contribution in [1.82, 2.24) is 0 Å². The van der Waals surface area contributed by atoms with Crippen molar-refractivity contribution >= 4 is 39.3 Å². The molecule has 0 aliphatic carbocycles. The van der Waals surface area contributed by atoms with E-state index in [0.29, 0.717) is 39.5 Å². The number of nitrogen functional groups attached to an aromatic ring is 1. The van der Waals surface area contributed by atoms with Crippen LogP contribution in [0.3, 0.4) is 0 Å². The van der Waals surface area contributed by atoms with Gasteiger partial charge in [-0.25, -0.2) is 9.38 Å². The molecular formula is C18H18BrFN4O. The molecule has 5 nitrogen and oxygen atoms in total. The number of benzene rings is 2. The lowest BCUT2D eigenvalue weighted by molar-refractivity contribution is 0.327. The summed E-state index contributed by atoms with van der Waals surface area (Å²) >= 11 is 3.24. The number of anilines is 2. The normalized spacial score (nSPS) is 15.8. The number of aliphatic imine (C=N–C) groups is 1. The summed E-state index contributed by atoms with van der Waals surface area (Å²) in [7, 11) is 0. The van der Waals surface area contributed by atoms with Gasteiger partial charge in [0.2, 0.25) is 0 Å². The first-order chi connectivity index (χ1) is 12.0. The lowest BCUT2D eigenvalue weighted by Crippen LogP contribution is -2.36.